The molecule has 1 unspecified atom stereocenters. The summed E-state index contributed by atoms with van der Waals surface area (Å²) < 4.78 is 0. The molecule has 62 valence electrons. The Morgan fingerprint density at radius 1 is 1.30 bits per heavy atom. The first-order valence-electron chi connectivity index (χ1n) is 4.26. The van der Waals surface area contributed by atoms with E-state index in [1.807, 2.05) is 0 Å². The van der Waals surface area contributed by atoms with Crippen molar-refractivity contribution in [2.45, 2.75) is 40.0 Å². The van der Waals surface area contributed by atoms with Crippen molar-refractivity contribution in [1.82, 2.24) is 0 Å². The molecule has 0 saturated carbocycles. The lowest BCUT2D eigenvalue weighted by Gasteiger charge is -2.14. The molecule has 0 nitrogen and oxygen atoms in total. The highest BCUT2D eigenvalue weighted by Crippen LogP contribution is 2.17. The van der Waals surface area contributed by atoms with Crippen molar-refractivity contribution >= 4 is 11.6 Å². The summed E-state index contributed by atoms with van der Waals surface area (Å²) in [6.45, 7) is 6.74. The van der Waals surface area contributed by atoms with Crippen molar-refractivity contribution in [3.63, 3.8) is 0 Å². The van der Waals surface area contributed by atoms with E-state index in [1.165, 1.54) is 19.3 Å². The molecule has 0 fully saturated rings. The van der Waals surface area contributed by atoms with Crippen molar-refractivity contribution in [2.75, 3.05) is 5.88 Å². The van der Waals surface area contributed by atoms with E-state index in [4.69, 9.17) is 11.6 Å². The third kappa shape index (κ3) is 5.10. The molecule has 0 aliphatic heterocycles. The molecular weight excluding hydrogens is 144 g/mol. The highest BCUT2D eigenvalue weighted by atomic mass is 35.5. The second-order valence-corrected chi connectivity index (χ2v) is 3.75. The van der Waals surface area contributed by atoms with Crippen LogP contribution in [0.25, 0.3) is 0 Å². The number of halogens is 1. The second kappa shape index (κ2) is 6.03. The zero-order chi connectivity index (χ0) is 7.98. The first kappa shape index (κ1) is 10.3. The molecule has 1 atom stereocenters. The van der Waals surface area contributed by atoms with Crippen LogP contribution in [0.3, 0.4) is 0 Å². The molecule has 0 aromatic heterocycles. The van der Waals surface area contributed by atoms with Crippen molar-refractivity contribution in [1.29, 1.82) is 0 Å². The van der Waals surface area contributed by atoms with Crippen LogP contribution in [0.4, 0.5) is 0 Å². The van der Waals surface area contributed by atoms with Gasteiger partial charge in [0.25, 0.3) is 0 Å². The highest BCUT2D eigenvalue weighted by molar-refractivity contribution is 6.18. The Balaban J connectivity index is 3.39. The SMILES string of the molecule is CCCC(CCl)CC(C)C. The molecule has 0 aromatic carbocycles. The standard InChI is InChI=1S/C9H19Cl/c1-4-5-9(7-10)6-8(2)3/h8-9H,4-7H2,1-3H3. The quantitative estimate of drug-likeness (QED) is 0.541. The zero-order valence-electron chi connectivity index (χ0n) is 7.36. The predicted octanol–water partition coefficient (Wildman–Crippen LogP) is 3.69. The third-order valence-corrected chi connectivity index (χ3v) is 2.16. The van der Waals surface area contributed by atoms with E-state index in [0.717, 1.165) is 17.7 Å². The first-order valence-corrected chi connectivity index (χ1v) is 4.80. The summed E-state index contributed by atoms with van der Waals surface area (Å²) >= 11 is 5.79. The van der Waals surface area contributed by atoms with Gasteiger partial charge in [-0.1, -0.05) is 27.2 Å². The molecule has 0 spiro atoms. The minimum atomic E-state index is 0.756. The maximum atomic E-state index is 5.79. The van der Waals surface area contributed by atoms with Crippen LogP contribution in [0.2, 0.25) is 0 Å². The van der Waals surface area contributed by atoms with Gasteiger partial charge in [-0.25, -0.2) is 0 Å². The Hall–Kier alpha value is 0.290. The molecule has 10 heavy (non-hydrogen) atoms. The molecule has 0 amide bonds. The Morgan fingerprint density at radius 3 is 2.20 bits per heavy atom. The van der Waals surface area contributed by atoms with E-state index >= 15 is 0 Å². The first-order chi connectivity index (χ1) is 4.70. The van der Waals surface area contributed by atoms with Gasteiger partial charge in [-0.3, -0.25) is 0 Å². The van der Waals surface area contributed by atoms with Crippen LogP contribution < -0.4 is 0 Å². The fourth-order valence-corrected chi connectivity index (χ4v) is 1.61. The summed E-state index contributed by atoms with van der Waals surface area (Å²) in [6, 6.07) is 0. The van der Waals surface area contributed by atoms with Crippen molar-refractivity contribution < 1.29 is 0 Å². The van der Waals surface area contributed by atoms with E-state index < -0.39 is 0 Å². The molecule has 0 aliphatic rings. The molecule has 0 bridgehead atoms. The number of hydrogen-bond donors (Lipinski definition) is 0. The van der Waals surface area contributed by atoms with Crippen LogP contribution in [0, 0.1) is 11.8 Å². The molecule has 0 aromatic rings. The predicted molar refractivity (Wildman–Crippen MR) is 48.6 cm³/mol. The maximum Gasteiger partial charge on any atom is 0.0251 e. The fourth-order valence-electron chi connectivity index (χ4n) is 1.33. The fraction of sp³-hybridized carbons (Fsp3) is 1.00. The number of alkyl halides is 1. The molecule has 1 heteroatoms. The molecule has 0 rings (SSSR count). The Bertz CT molecular complexity index is 69.1. The Labute approximate surface area is 70.0 Å². The summed E-state index contributed by atoms with van der Waals surface area (Å²) in [5.41, 5.74) is 0. The van der Waals surface area contributed by atoms with Crippen molar-refractivity contribution in [3.8, 4) is 0 Å². The average molecular weight is 163 g/mol. The minimum Gasteiger partial charge on any atom is -0.126 e. The minimum absolute atomic E-state index is 0.756. The zero-order valence-corrected chi connectivity index (χ0v) is 8.12. The van der Waals surface area contributed by atoms with Crippen molar-refractivity contribution in [3.05, 3.63) is 0 Å². The van der Waals surface area contributed by atoms with Gasteiger partial charge >= 0.3 is 0 Å². The summed E-state index contributed by atoms with van der Waals surface area (Å²) in [7, 11) is 0. The molecular formula is C9H19Cl. The molecule has 0 aliphatic carbocycles. The van der Waals surface area contributed by atoms with Gasteiger partial charge in [0, 0.05) is 5.88 Å². The van der Waals surface area contributed by atoms with E-state index in [-0.39, 0.29) is 0 Å². The Morgan fingerprint density at radius 2 is 1.90 bits per heavy atom. The van der Waals surface area contributed by atoms with Crippen molar-refractivity contribution in [2.24, 2.45) is 11.8 Å². The monoisotopic (exact) mass is 162 g/mol. The van der Waals surface area contributed by atoms with E-state index in [0.29, 0.717) is 0 Å². The summed E-state index contributed by atoms with van der Waals surface area (Å²) in [4.78, 5) is 0. The van der Waals surface area contributed by atoms with Gasteiger partial charge in [0.1, 0.15) is 0 Å². The van der Waals surface area contributed by atoms with E-state index in [9.17, 15) is 0 Å². The highest BCUT2D eigenvalue weighted by Gasteiger charge is 2.07. The van der Waals surface area contributed by atoms with Gasteiger partial charge in [-0.05, 0) is 24.7 Å². The lowest BCUT2D eigenvalue weighted by atomic mass is 9.95. The lowest BCUT2D eigenvalue weighted by molar-refractivity contribution is 0.416. The van der Waals surface area contributed by atoms with Gasteiger partial charge < -0.3 is 0 Å². The number of hydrogen-bond acceptors (Lipinski definition) is 0. The van der Waals surface area contributed by atoms with Crippen LogP contribution in [0.1, 0.15) is 40.0 Å². The van der Waals surface area contributed by atoms with Crippen LogP contribution in [0.15, 0.2) is 0 Å². The summed E-state index contributed by atoms with van der Waals surface area (Å²) in [5, 5.41) is 0. The smallest absolute Gasteiger partial charge is 0.0251 e. The van der Waals surface area contributed by atoms with Gasteiger partial charge in [0.15, 0.2) is 0 Å². The topological polar surface area (TPSA) is 0 Å². The molecule has 0 radical (unpaired) electrons. The second-order valence-electron chi connectivity index (χ2n) is 3.44. The van der Waals surface area contributed by atoms with Gasteiger partial charge in [-0.2, -0.15) is 0 Å². The van der Waals surface area contributed by atoms with Crippen LogP contribution in [0.5, 0.6) is 0 Å². The van der Waals surface area contributed by atoms with E-state index in [2.05, 4.69) is 20.8 Å². The maximum absolute atomic E-state index is 5.79. The number of rotatable bonds is 5. The summed E-state index contributed by atoms with van der Waals surface area (Å²) in [5.74, 6) is 2.40. The summed E-state index contributed by atoms with van der Waals surface area (Å²) in [6.07, 6.45) is 3.85. The molecule has 0 saturated heterocycles. The van der Waals surface area contributed by atoms with Gasteiger partial charge in [-0.15, -0.1) is 11.6 Å². The Kier molecular flexibility index (Phi) is 6.20. The third-order valence-electron chi connectivity index (χ3n) is 1.72. The van der Waals surface area contributed by atoms with E-state index in [1.54, 1.807) is 0 Å². The van der Waals surface area contributed by atoms with Gasteiger partial charge in [0.05, 0.1) is 0 Å². The average Bonchev–Trinajstić information content (AvgIpc) is 1.86. The largest absolute Gasteiger partial charge is 0.126 e. The van der Waals surface area contributed by atoms with Gasteiger partial charge in [0.2, 0.25) is 0 Å². The normalized spacial score (nSPS) is 14.1. The van der Waals surface area contributed by atoms with Crippen LogP contribution in [-0.4, -0.2) is 5.88 Å². The lowest BCUT2D eigenvalue weighted by Crippen LogP contribution is -2.05. The molecule has 0 N–H and O–H groups in total. The molecule has 0 heterocycles. The van der Waals surface area contributed by atoms with Crippen LogP contribution >= 0.6 is 11.6 Å². The van der Waals surface area contributed by atoms with Crippen LogP contribution in [-0.2, 0) is 0 Å².